The van der Waals surface area contributed by atoms with Crippen molar-refractivity contribution in [2.45, 2.75) is 129 Å². The first-order valence-electron chi connectivity index (χ1n) is 18.6. The smallest absolute Gasteiger partial charge is 0.427 e. The predicted molar refractivity (Wildman–Crippen MR) is 201 cm³/mol. The van der Waals surface area contributed by atoms with E-state index in [4.69, 9.17) is 30.0 Å². The van der Waals surface area contributed by atoms with Crippen molar-refractivity contribution in [2.75, 3.05) is 13.2 Å². The van der Waals surface area contributed by atoms with Crippen LogP contribution in [-0.2, 0) is 33.6 Å². The van der Waals surface area contributed by atoms with Gasteiger partial charge in [0.05, 0.1) is 18.8 Å². The third-order valence-corrected chi connectivity index (χ3v) is 11.8. The Bertz CT molecular complexity index is 2020. The molecule has 3 N–H and O–H groups in total. The number of alkyl carbamates (subject to hydrolysis) is 1. The molecule has 0 radical (unpaired) electrons. The molecule has 1 aliphatic heterocycles. The zero-order chi connectivity index (χ0) is 42.5. The minimum Gasteiger partial charge on any atom is -0.478 e. The lowest BCUT2D eigenvalue weighted by atomic mass is 9.85. The Kier molecular flexibility index (Phi) is 12.0. The van der Waals surface area contributed by atoms with Crippen molar-refractivity contribution in [3.05, 3.63) is 29.3 Å². The summed E-state index contributed by atoms with van der Waals surface area (Å²) in [6, 6.07) is 3.76. The van der Waals surface area contributed by atoms with E-state index in [2.05, 4.69) is 15.6 Å². The van der Waals surface area contributed by atoms with Gasteiger partial charge in [0.2, 0.25) is 29.2 Å². The van der Waals surface area contributed by atoms with Crippen LogP contribution in [0.25, 0.3) is 10.8 Å². The molecule has 3 aliphatic rings. The van der Waals surface area contributed by atoms with Crippen molar-refractivity contribution in [2.24, 2.45) is 11.3 Å². The first-order valence-corrected chi connectivity index (χ1v) is 20.4. The van der Waals surface area contributed by atoms with Crippen molar-refractivity contribution >= 4 is 56.5 Å². The summed E-state index contributed by atoms with van der Waals surface area (Å²) < 4.78 is 90.2. The van der Waals surface area contributed by atoms with Gasteiger partial charge in [0.15, 0.2) is 0 Å². The summed E-state index contributed by atoms with van der Waals surface area (Å²) in [7, 11) is -4.55. The molecule has 1 aromatic carbocycles. The lowest BCUT2D eigenvalue weighted by Gasteiger charge is -2.36. The summed E-state index contributed by atoms with van der Waals surface area (Å²) in [5.41, 5.74) is -6.65. The van der Waals surface area contributed by atoms with Gasteiger partial charge in [-0.1, -0.05) is 51.8 Å². The van der Waals surface area contributed by atoms with E-state index in [0.29, 0.717) is 48.9 Å². The number of carbonyl (C=O) groups excluding carboxylic acids is 4. The van der Waals surface area contributed by atoms with Crippen LogP contribution in [-0.4, -0.2) is 96.4 Å². The highest BCUT2D eigenvalue weighted by Crippen LogP contribution is 2.47. The Morgan fingerprint density at radius 3 is 2.30 bits per heavy atom. The van der Waals surface area contributed by atoms with Gasteiger partial charge in [0.1, 0.15) is 23.7 Å². The second kappa shape index (κ2) is 15.6. The van der Waals surface area contributed by atoms with Crippen LogP contribution >= 0.6 is 11.6 Å². The molecule has 3 fully saturated rings. The SMILES string of the molecule is CCOc1cc2c(Cl)cccc2c(O[C@@H]2C[C@@H](C(=O)N[C@]3(C(=O)NS(=O)(=O)OC4(C)CC4)C[C@H]3CC)N(C(=O)[C@@H](NC(=O)OC(C)(C)C(F)(F)F)C(C)(C)C)C2)n1. The predicted octanol–water partition coefficient (Wildman–Crippen LogP) is 5.33. The van der Waals surface area contributed by atoms with Crippen molar-refractivity contribution in [1.29, 1.82) is 0 Å². The zero-order valence-electron chi connectivity index (χ0n) is 33.0. The highest BCUT2D eigenvalue weighted by Gasteiger charge is 2.62. The Morgan fingerprint density at radius 2 is 1.74 bits per heavy atom. The molecule has 57 heavy (non-hydrogen) atoms. The number of hydrogen-bond acceptors (Lipinski definition) is 11. The number of ether oxygens (including phenoxy) is 3. The molecule has 20 heteroatoms. The summed E-state index contributed by atoms with van der Waals surface area (Å²) in [6.07, 6.45) is -6.17. The summed E-state index contributed by atoms with van der Waals surface area (Å²) in [6.45, 7) is 11.1. The maximum absolute atomic E-state index is 14.5. The van der Waals surface area contributed by atoms with E-state index in [0.717, 1.165) is 4.90 Å². The van der Waals surface area contributed by atoms with Crippen LogP contribution in [0.3, 0.4) is 0 Å². The van der Waals surface area contributed by atoms with Crippen LogP contribution in [0.2, 0.25) is 5.02 Å². The van der Waals surface area contributed by atoms with Gasteiger partial charge in [0, 0.05) is 28.3 Å². The van der Waals surface area contributed by atoms with E-state index in [1.807, 2.05) is 4.72 Å². The number of alkyl halides is 3. The standard InChI is InChI=1S/C37H49ClF3N5O10S/c1-9-20-18-36(20,31(49)45-57(51,52)56-35(8)14-15-35)44-28(47)25-16-21(54-29-22-12-11-13-24(38)23(22)17-26(42-29)53-10-2)19-46(25)30(48)27(33(3,4)5)43-32(50)55-34(6,7)37(39,40)41/h11-13,17,20-21,25,27H,9-10,14-16,18-19H2,1-8H3,(H,43,50)(H,44,47)(H,45,49)/t20-,21-,25+,27-,36-/m1/s1. The van der Waals surface area contributed by atoms with E-state index in [1.165, 1.54) is 0 Å². The van der Waals surface area contributed by atoms with E-state index in [-0.39, 0.29) is 37.8 Å². The van der Waals surface area contributed by atoms with E-state index >= 15 is 0 Å². The van der Waals surface area contributed by atoms with E-state index in [9.17, 15) is 40.8 Å². The monoisotopic (exact) mass is 847 g/mol. The lowest BCUT2D eigenvalue weighted by molar-refractivity contribution is -0.244. The molecule has 5 atom stereocenters. The van der Waals surface area contributed by atoms with Gasteiger partial charge in [-0.15, -0.1) is 0 Å². The second-order valence-corrected chi connectivity index (χ2v) is 18.2. The topological polar surface area (TPSA) is 192 Å². The number of benzene rings is 1. The Labute approximate surface area is 334 Å². The molecule has 316 valence electrons. The number of nitrogens with zero attached hydrogens (tertiary/aromatic N) is 2. The van der Waals surface area contributed by atoms with Gasteiger partial charge in [-0.05, 0) is 70.4 Å². The number of nitrogens with one attached hydrogen (secondary N) is 3. The van der Waals surface area contributed by atoms with Crippen molar-refractivity contribution in [1.82, 2.24) is 25.2 Å². The maximum Gasteiger partial charge on any atom is 0.427 e. The fourth-order valence-corrected chi connectivity index (χ4v) is 8.02. The first-order chi connectivity index (χ1) is 26.2. The van der Waals surface area contributed by atoms with Gasteiger partial charge in [-0.3, -0.25) is 14.4 Å². The number of aromatic nitrogens is 1. The van der Waals surface area contributed by atoms with Gasteiger partial charge in [-0.25, -0.2) is 13.7 Å². The minimum atomic E-state index is -4.93. The average Bonchev–Trinajstić information content (AvgIpc) is 3.94. The molecule has 5 rings (SSSR count). The minimum absolute atomic E-state index is 0.0685. The number of hydrogen-bond donors (Lipinski definition) is 3. The Balaban J connectivity index is 1.47. The average molecular weight is 848 g/mol. The van der Waals surface area contributed by atoms with Crippen LogP contribution in [0.1, 0.15) is 87.5 Å². The van der Waals surface area contributed by atoms with Crippen LogP contribution in [0.4, 0.5) is 18.0 Å². The summed E-state index contributed by atoms with van der Waals surface area (Å²) in [4.78, 5) is 61.0. The number of rotatable bonds is 14. The molecule has 2 heterocycles. The Morgan fingerprint density at radius 1 is 1.07 bits per heavy atom. The van der Waals surface area contributed by atoms with Gasteiger partial charge < -0.3 is 29.7 Å². The van der Waals surface area contributed by atoms with Crippen LogP contribution in [0, 0.1) is 11.3 Å². The number of likely N-dealkylation sites (tertiary alicyclic amines) is 1. The number of pyridine rings is 1. The molecule has 2 aliphatic carbocycles. The van der Waals surface area contributed by atoms with Crippen molar-refractivity contribution < 1.29 is 59.2 Å². The molecule has 2 aromatic rings. The van der Waals surface area contributed by atoms with Crippen LogP contribution in [0.5, 0.6) is 11.8 Å². The summed E-state index contributed by atoms with van der Waals surface area (Å²) in [5, 5.41) is 6.38. The van der Waals surface area contributed by atoms with E-state index < -0.39 is 86.6 Å². The fraction of sp³-hybridized carbons (Fsp3) is 0.649. The molecule has 2 saturated carbocycles. The number of carbonyl (C=O) groups is 4. The van der Waals surface area contributed by atoms with Gasteiger partial charge in [0.25, 0.3) is 5.91 Å². The second-order valence-electron chi connectivity index (χ2n) is 16.5. The Hall–Kier alpha value is -4.10. The molecule has 15 nitrogen and oxygen atoms in total. The third-order valence-electron chi connectivity index (χ3n) is 10.4. The van der Waals surface area contributed by atoms with E-state index in [1.54, 1.807) is 65.8 Å². The highest BCUT2D eigenvalue weighted by molar-refractivity contribution is 7.85. The quantitative estimate of drug-likeness (QED) is 0.223. The molecule has 1 saturated heterocycles. The molecule has 0 unspecified atom stereocenters. The molecule has 1 aromatic heterocycles. The normalized spacial score (nSPS) is 23.6. The summed E-state index contributed by atoms with van der Waals surface area (Å²) in [5.74, 6) is -2.94. The van der Waals surface area contributed by atoms with Crippen LogP contribution < -0.4 is 24.8 Å². The fourth-order valence-electron chi connectivity index (χ4n) is 6.65. The molecular formula is C37H49ClF3N5O10S. The molecular weight excluding hydrogens is 799 g/mol. The van der Waals surface area contributed by atoms with Crippen molar-refractivity contribution in [3.63, 3.8) is 0 Å². The lowest BCUT2D eigenvalue weighted by Crippen LogP contribution is -2.60. The first kappa shape index (κ1) is 44.0. The highest BCUT2D eigenvalue weighted by atomic mass is 35.5. The number of amides is 4. The number of halogens is 4. The van der Waals surface area contributed by atoms with Crippen LogP contribution in [0.15, 0.2) is 24.3 Å². The maximum atomic E-state index is 14.5. The zero-order valence-corrected chi connectivity index (χ0v) is 34.5. The largest absolute Gasteiger partial charge is 0.478 e. The molecule has 0 bridgehead atoms. The number of fused-ring (bicyclic) bond motifs is 1. The molecule has 4 amide bonds. The van der Waals surface area contributed by atoms with Crippen molar-refractivity contribution in [3.8, 4) is 11.8 Å². The van der Waals surface area contributed by atoms with Gasteiger partial charge in [-0.2, -0.15) is 26.6 Å². The molecule has 0 spiro atoms. The summed E-state index contributed by atoms with van der Waals surface area (Å²) >= 11 is 6.49. The van der Waals surface area contributed by atoms with Gasteiger partial charge >= 0.3 is 22.6 Å². The third kappa shape index (κ3) is 9.79.